The van der Waals surface area contributed by atoms with E-state index < -0.39 is 40.7 Å². The molecule has 0 aliphatic carbocycles. The van der Waals surface area contributed by atoms with E-state index in [9.17, 15) is 32.8 Å². The van der Waals surface area contributed by atoms with Gasteiger partial charge in [-0.15, -0.1) is 0 Å². The van der Waals surface area contributed by atoms with Crippen molar-refractivity contribution in [2.24, 2.45) is 5.73 Å². The summed E-state index contributed by atoms with van der Waals surface area (Å²) >= 11 is 0.909. The molecule has 0 aromatic heterocycles. The van der Waals surface area contributed by atoms with Crippen LogP contribution in [0.4, 0.5) is 18.9 Å². The summed E-state index contributed by atoms with van der Waals surface area (Å²) in [6, 6.07) is 12.9. The summed E-state index contributed by atoms with van der Waals surface area (Å²) in [5.74, 6) is -3.39. The van der Waals surface area contributed by atoms with Crippen molar-refractivity contribution in [1.82, 2.24) is 4.90 Å². The fraction of sp³-hybridized carbons (Fsp3) is 0.231. The molecule has 0 saturated carbocycles. The number of esters is 1. The van der Waals surface area contributed by atoms with Crippen LogP contribution < -0.4 is 11.1 Å². The molecule has 2 aromatic carbocycles. The Balaban J connectivity index is 1.88. The first kappa shape index (κ1) is 26.8. The Hall–Kier alpha value is -4.24. The number of nitriles is 1. The summed E-state index contributed by atoms with van der Waals surface area (Å²) in [6.45, 7) is 1.82. The molecule has 4 rings (SSSR count). The van der Waals surface area contributed by atoms with Crippen LogP contribution in [0.2, 0.25) is 0 Å². The molecule has 2 heterocycles. The Morgan fingerprint density at radius 3 is 2.47 bits per heavy atom. The molecule has 12 heteroatoms. The average molecular weight is 543 g/mol. The predicted molar refractivity (Wildman–Crippen MR) is 133 cm³/mol. The molecule has 0 bridgehead atoms. The van der Waals surface area contributed by atoms with E-state index >= 15 is 0 Å². The van der Waals surface area contributed by atoms with Gasteiger partial charge in [-0.3, -0.25) is 19.3 Å². The highest BCUT2D eigenvalue weighted by Crippen LogP contribution is 2.50. The molecule has 2 aliphatic heterocycles. The number of ether oxygens (including phenoxy) is 1. The quantitative estimate of drug-likeness (QED) is 0.544. The number of carbonyl (C=O) groups is 3. The monoisotopic (exact) mass is 542 g/mol. The van der Waals surface area contributed by atoms with Crippen molar-refractivity contribution < 1.29 is 32.3 Å². The lowest BCUT2D eigenvalue weighted by molar-refractivity contribution is -0.142. The van der Waals surface area contributed by atoms with Crippen LogP contribution in [0.1, 0.15) is 29.0 Å². The Morgan fingerprint density at radius 1 is 1.21 bits per heavy atom. The lowest BCUT2D eigenvalue weighted by atomic mass is 9.82. The van der Waals surface area contributed by atoms with Gasteiger partial charge in [0.25, 0.3) is 5.91 Å². The lowest BCUT2D eigenvalue weighted by Gasteiger charge is -2.32. The number of benzene rings is 2. The minimum absolute atomic E-state index is 0.0530. The summed E-state index contributed by atoms with van der Waals surface area (Å²) in [6.07, 6.45) is -4.90. The molecule has 2 aromatic rings. The van der Waals surface area contributed by atoms with Crippen LogP contribution in [0.3, 0.4) is 0 Å². The summed E-state index contributed by atoms with van der Waals surface area (Å²) in [5, 5.41) is 11.9. The first-order chi connectivity index (χ1) is 18.0. The van der Waals surface area contributed by atoms with Crippen LogP contribution in [0, 0.1) is 18.3 Å². The zero-order chi connectivity index (χ0) is 27.8. The molecule has 0 spiro atoms. The van der Waals surface area contributed by atoms with Gasteiger partial charge in [0.15, 0.2) is 0 Å². The van der Waals surface area contributed by atoms with Gasteiger partial charge < -0.3 is 15.8 Å². The maximum Gasteiger partial charge on any atom is 0.416 e. The zero-order valence-corrected chi connectivity index (χ0v) is 20.9. The smallest absolute Gasteiger partial charge is 0.416 e. The number of hydrogen-bond acceptors (Lipinski definition) is 7. The van der Waals surface area contributed by atoms with Crippen LogP contribution in [-0.4, -0.2) is 35.0 Å². The summed E-state index contributed by atoms with van der Waals surface area (Å²) < 4.78 is 44.3. The normalized spacial score (nSPS) is 19.3. The third-order valence-electron chi connectivity index (χ3n) is 6.07. The molecule has 38 heavy (non-hydrogen) atoms. The third-order valence-corrected chi connectivity index (χ3v) is 7.35. The number of alkyl halides is 3. The van der Waals surface area contributed by atoms with Crippen molar-refractivity contribution in [3.8, 4) is 6.07 Å². The van der Waals surface area contributed by atoms with Crippen LogP contribution in [0.25, 0.3) is 0 Å². The van der Waals surface area contributed by atoms with E-state index in [1.54, 1.807) is 18.2 Å². The van der Waals surface area contributed by atoms with Gasteiger partial charge in [0.2, 0.25) is 5.91 Å². The molecular weight excluding hydrogens is 521 g/mol. The van der Waals surface area contributed by atoms with Gasteiger partial charge in [-0.1, -0.05) is 36.0 Å². The number of halogens is 3. The van der Waals surface area contributed by atoms with E-state index in [0.29, 0.717) is 5.69 Å². The number of aryl methyl sites for hydroxylation is 1. The Kier molecular flexibility index (Phi) is 7.24. The predicted octanol–water partition coefficient (Wildman–Crippen LogP) is 4.16. The van der Waals surface area contributed by atoms with Crippen molar-refractivity contribution in [1.29, 1.82) is 5.26 Å². The van der Waals surface area contributed by atoms with Gasteiger partial charge in [-0.25, -0.2) is 0 Å². The summed E-state index contributed by atoms with van der Waals surface area (Å²) in [5.41, 5.74) is 6.58. The van der Waals surface area contributed by atoms with E-state index in [1.165, 1.54) is 19.2 Å². The first-order valence-electron chi connectivity index (χ1n) is 11.2. The van der Waals surface area contributed by atoms with Gasteiger partial charge in [0.05, 0.1) is 47.3 Å². The highest BCUT2D eigenvalue weighted by atomic mass is 32.2. The molecule has 0 radical (unpaired) electrons. The zero-order valence-electron chi connectivity index (χ0n) is 20.1. The highest BCUT2D eigenvalue weighted by Gasteiger charge is 2.48. The third kappa shape index (κ3) is 4.97. The second kappa shape index (κ2) is 10.3. The number of nitrogens with two attached hydrogens (primary N) is 1. The summed E-state index contributed by atoms with van der Waals surface area (Å²) in [4.78, 5) is 39.9. The molecule has 2 aliphatic rings. The van der Waals surface area contributed by atoms with Crippen LogP contribution in [0.5, 0.6) is 0 Å². The van der Waals surface area contributed by atoms with Crippen molar-refractivity contribution in [2.75, 3.05) is 12.4 Å². The number of nitrogens with zero attached hydrogens (tertiary/aromatic N) is 2. The number of hydrogen-bond donors (Lipinski definition) is 2. The maximum absolute atomic E-state index is 13.7. The molecule has 2 atom stereocenters. The van der Waals surface area contributed by atoms with Crippen molar-refractivity contribution in [3.05, 3.63) is 87.2 Å². The molecule has 1 fully saturated rings. The topological polar surface area (TPSA) is 126 Å². The lowest BCUT2D eigenvalue weighted by Crippen LogP contribution is -2.39. The molecule has 0 unspecified atom stereocenters. The van der Waals surface area contributed by atoms with Gasteiger partial charge in [-0.05, 0) is 42.3 Å². The standard InChI is InChI=1S/C26H21F3N4O4S/c1-13-4-3-5-16(10-13)32-23(35)21-20(14-6-8-15(9-7-14)26(27,28)29)17(12-30)22(31)33-24(36)18(38-25(21)33)11-19(34)37-2/h3-10,18,20H,11,31H2,1-2H3,(H,32,35)/t18-,20-/m1/s1. The number of nitrogens with one attached hydrogen (secondary N) is 1. The summed E-state index contributed by atoms with van der Waals surface area (Å²) in [7, 11) is 1.17. The van der Waals surface area contributed by atoms with Crippen LogP contribution in [0.15, 0.2) is 70.5 Å². The molecular formula is C26H21F3N4O4S. The number of carbonyl (C=O) groups excluding carboxylic acids is 3. The van der Waals surface area contributed by atoms with E-state index in [0.717, 1.165) is 34.4 Å². The number of anilines is 1. The van der Waals surface area contributed by atoms with Crippen LogP contribution >= 0.6 is 11.8 Å². The van der Waals surface area contributed by atoms with E-state index in [4.69, 9.17) is 5.73 Å². The Morgan fingerprint density at radius 2 is 1.89 bits per heavy atom. The van der Waals surface area contributed by atoms with Crippen molar-refractivity contribution >= 4 is 35.2 Å². The van der Waals surface area contributed by atoms with Gasteiger partial charge in [0.1, 0.15) is 11.1 Å². The second-order valence-corrected chi connectivity index (χ2v) is 9.76. The fourth-order valence-corrected chi connectivity index (χ4v) is 5.59. The van der Waals surface area contributed by atoms with Crippen molar-refractivity contribution in [3.63, 3.8) is 0 Å². The number of methoxy groups -OCH3 is 1. The van der Waals surface area contributed by atoms with Gasteiger partial charge in [-0.2, -0.15) is 18.4 Å². The first-order valence-corrected chi connectivity index (χ1v) is 12.1. The SMILES string of the molecule is COC(=O)C[C@H]1SC2=C(C(=O)Nc3cccc(C)c3)[C@H](c3ccc(C(F)(F)F)cc3)C(C#N)=C(N)N2C1=O. The molecule has 2 amide bonds. The number of thioether (sulfide) groups is 1. The van der Waals surface area contributed by atoms with Crippen molar-refractivity contribution in [2.45, 2.75) is 30.7 Å². The van der Waals surface area contributed by atoms with Gasteiger partial charge in [0, 0.05) is 5.69 Å². The van der Waals surface area contributed by atoms with Gasteiger partial charge >= 0.3 is 12.1 Å². The Labute approximate surface area is 219 Å². The molecule has 3 N–H and O–H groups in total. The Bertz CT molecular complexity index is 1430. The highest BCUT2D eigenvalue weighted by molar-refractivity contribution is 8.04. The minimum Gasteiger partial charge on any atom is -0.469 e. The average Bonchev–Trinajstić information content (AvgIpc) is 3.18. The number of allylic oxidation sites excluding steroid dienone is 1. The molecule has 1 saturated heterocycles. The molecule has 196 valence electrons. The van der Waals surface area contributed by atoms with E-state index in [2.05, 4.69) is 10.1 Å². The van der Waals surface area contributed by atoms with E-state index in [-0.39, 0.29) is 34.0 Å². The van der Waals surface area contributed by atoms with Crippen LogP contribution in [-0.2, 0) is 25.3 Å². The molecule has 8 nitrogen and oxygen atoms in total. The number of rotatable bonds is 5. The largest absolute Gasteiger partial charge is 0.469 e. The number of fused-ring (bicyclic) bond motifs is 1. The second-order valence-electron chi connectivity index (χ2n) is 8.57. The fourth-order valence-electron chi connectivity index (χ4n) is 4.26. The van der Waals surface area contributed by atoms with E-state index in [1.807, 2.05) is 19.1 Å². The number of amides is 2. The maximum atomic E-state index is 13.7. The minimum atomic E-state index is -4.59.